The van der Waals surface area contributed by atoms with Crippen LogP contribution in [-0.4, -0.2) is 70.1 Å². The largest absolute Gasteiger partial charge is 0.366 e. The van der Waals surface area contributed by atoms with E-state index in [0.29, 0.717) is 5.84 Å². The minimum Gasteiger partial charge on any atom is -0.366 e. The first-order chi connectivity index (χ1) is 9.90. The summed E-state index contributed by atoms with van der Waals surface area (Å²) < 4.78 is 1.45. The Labute approximate surface area is 121 Å². The molecule has 0 aromatic heterocycles. The molecule has 0 aliphatic carbocycles. The van der Waals surface area contributed by atoms with E-state index in [-0.39, 0.29) is 6.54 Å². The number of aliphatic imine (C=N–C) groups is 1. The van der Waals surface area contributed by atoms with Crippen molar-refractivity contribution in [3.63, 3.8) is 0 Å². The molecule has 110 valence electrons. The van der Waals surface area contributed by atoms with Gasteiger partial charge in [-0.3, -0.25) is 14.5 Å². The molecule has 0 aromatic carbocycles. The number of urea groups is 1. The van der Waals surface area contributed by atoms with Crippen LogP contribution in [0, 0.1) is 11.8 Å². The molecule has 2 atom stereocenters. The number of hydrogen-bond donors (Lipinski definition) is 1. The highest BCUT2D eigenvalue weighted by Gasteiger charge is 2.53. The Kier molecular flexibility index (Phi) is 3.76. The number of imide groups is 1. The van der Waals surface area contributed by atoms with Crippen LogP contribution in [0.4, 0.5) is 4.79 Å². The van der Waals surface area contributed by atoms with E-state index in [0.717, 1.165) is 4.90 Å². The number of amidine groups is 1. The Morgan fingerprint density at radius 3 is 2.81 bits per heavy atom. The van der Waals surface area contributed by atoms with Crippen molar-refractivity contribution in [3.8, 4) is 11.8 Å². The first kappa shape index (κ1) is 14.7. The molecule has 0 radical (unpaired) electrons. The molecule has 8 heteroatoms. The predicted octanol–water partition coefficient (Wildman–Crippen LogP) is -1.40. The highest BCUT2D eigenvalue weighted by atomic mass is 16.2. The minimum absolute atomic E-state index is 0.00107. The number of rotatable bonds is 3. The molecule has 0 aromatic rings. The summed E-state index contributed by atoms with van der Waals surface area (Å²) in [5, 5.41) is 0. The fourth-order valence-electron chi connectivity index (χ4n) is 2.20. The third-order valence-electron chi connectivity index (χ3n) is 3.50. The second-order valence-corrected chi connectivity index (χ2v) is 4.72. The van der Waals surface area contributed by atoms with E-state index >= 15 is 0 Å². The second kappa shape index (κ2) is 5.36. The zero-order chi connectivity index (χ0) is 15.7. The van der Waals surface area contributed by atoms with Gasteiger partial charge in [-0.15, -0.1) is 5.92 Å². The monoisotopic (exact) mass is 290 g/mol. The number of amides is 4. The molecule has 0 spiro atoms. The number of primary amides is 1. The van der Waals surface area contributed by atoms with E-state index in [4.69, 9.17) is 5.73 Å². The van der Waals surface area contributed by atoms with E-state index in [1.54, 1.807) is 13.8 Å². The summed E-state index contributed by atoms with van der Waals surface area (Å²) >= 11 is 0. The Balaban J connectivity index is 2.36. The number of hydrogen-bond acceptors (Lipinski definition) is 4. The van der Waals surface area contributed by atoms with Crippen LogP contribution in [0.15, 0.2) is 4.99 Å². The van der Waals surface area contributed by atoms with Crippen LogP contribution < -0.4 is 5.73 Å². The molecular weight excluding hydrogens is 274 g/mol. The highest BCUT2D eigenvalue weighted by Crippen LogP contribution is 2.19. The van der Waals surface area contributed by atoms with Crippen molar-refractivity contribution < 1.29 is 19.0 Å². The number of fused-ring (bicyclic) bond motifs is 1. The molecule has 21 heavy (non-hydrogen) atoms. The second-order valence-electron chi connectivity index (χ2n) is 4.72. The van der Waals surface area contributed by atoms with Crippen LogP contribution in [0.1, 0.15) is 13.8 Å². The van der Waals surface area contributed by atoms with Crippen LogP contribution >= 0.6 is 0 Å². The first-order valence-corrected chi connectivity index (χ1v) is 6.36. The lowest BCUT2D eigenvalue weighted by Gasteiger charge is -2.32. The van der Waals surface area contributed by atoms with E-state index in [2.05, 4.69) is 16.8 Å². The molecule has 1 saturated heterocycles. The molecule has 2 N–H and O–H groups in total. The lowest BCUT2D eigenvalue weighted by Crippen LogP contribution is -2.64. The van der Waals surface area contributed by atoms with Gasteiger partial charge in [0.25, 0.3) is 30.0 Å². The van der Waals surface area contributed by atoms with E-state index < -0.39 is 29.9 Å². The molecule has 2 rings (SSSR count). The number of nitrogens with two attached hydrogens (primary N) is 1. The average Bonchev–Trinajstić information content (AvgIpc) is 2.89. The predicted molar refractivity (Wildman–Crippen MR) is 74.5 cm³/mol. The van der Waals surface area contributed by atoms with Gasteiger partial charge in [-0.25, -0.2) is 14.3 Å². The maximum absolute atomic E-state index is 12.5. The molecular formula is C13H16N5O3+. The van der Waals surface area contributed by atoms with Gasteiger partial charge >= 0.3 is 6.03 Å². The molecule has 2 aliphatic heterocycles. The van der Waals surface area contributed by atoms with Gasteiger partial charge in [0.15, 0.2) is 6.04 Å². The Morgan fingerprint density at radius 1 is 1.57 bits per heavy atom. The topological polar surface area (TPSA) is 99.1 Å². The number of nitrogens with zero attached hydrogens (tertiary/aromatic N) is 4. The Hall–Kier alpha value is -2.69. The smallest absolute Gasteiger partial charge is 0.334 e. The van der Waals surface area contributed by atoms with Gasteiger partial charge in [0.05, 0.1) is 6.54 Å². The highest BCUT2D eigenvalue weighted by molar-refractivity contribution is 6.21. The van der Waals surface area contributed by atoms with E-state index in [9.17, 15) is 14.4 Å². The zero-order valence-corrected chi connectivity index (χ0v) is 12.0. The molecule has 2 heterocycles. The standard InChI is InChI=1S/C13H15N5O3/c1-4-5-6-17-12(20)9-11(16(3)13(17)21)15-7-18(9)8(2)10(14)19/h7-9H,6H2,1-3H3,(H-,14,19)/p+1/t8-,9?/m0/s1. The normalized spacial score (nSPS) is 22.1. The number of carbonyl (C=O) groups excluding carboxylic acids is 3. The Morgan fingerprint density at radius 2 is 2.24 bits per heavy atom. The maximum Gasteiger partial charge on any atom is 0.334 e. The lowest BCUT2D eigenvalue weighted by molar-refractivity contribution is -0.551. The van der Waals surface area contributed by atoms with Crippen LogP contribution in [0.2, 0.25) is 0 Å². The molecule has 2 aliphatic rings. The van der Waals surface area contributed by atoms with E-state index in [1.807, 2.05) is 0 Å². The third-order valence-corrected chi connectivity index (χ3v) is 3.50. The zero-order valence-electron chi connectivity index (χ0n) is 12.0. The molecule has 0 saturated carbocycles. The number of carbonyl (C=O) groups is 3. The first-order valence-electron chi connectivity index (χ1n) is 6.36. The van der Waals surface area contributed by atoms with Gasteiger partial charge in [-0.1, -0.05) is 5.92 Å². The van der Waals surface area contributed by atoms with Crippen molar-refractivity contribution in [3.05, 3.63) is 0 Å². The van der Waals surface area contributed by atoms with Crippen LogP contribution in [0.25, 0.3) is 0 Å². The average molecular weight is 290 g/mol. The summed E-state index contributed by atoms with van der Waals surface area (Å²) in [4.78, 5) is 42.4. The lowest BCUT2D eigenvalue weighted by atomic mass is 10.1. The maximum atomic E-state index is 12.5. The van der Waals surface area contributed by atoms with Gasteiger partial charge in [-0.05, 0) is 18.8 Å². The molecule has 4 amide bonds. The van der Waals surface area contributed by atoms with Crippen molar-refractivity contribution in [1.82, 2.24) is 9.80 Å². The SMILES string of the molecule is CC#CCN1C(=O)C2C(=NC=[N+]2[C@@H](C)C(N)=O)N(C)C1=O. The summed E-state index contributed by atoms with van der Waals surface area (Å²) in [6.45, 7) is 3.21. The summed E-state index contributed by atoms with van der Waals surface area (Å²) in [6, 6.07) is -2.02. The van der Waals surface area contributed by atoms with Crippen LogP contribution in [0.3, 0.4) is 0 Å². The van der Waals surface area contributed by atoms with Crippen LogP contribution in [0.5, 0.6) is 0 Å². The fourth-order valence-corrected chi connectivity index (χ4v) is 2.20. The van der Waals surface area contributed by atoms with Gasteiger partial charge in [0, 0.05) is 7.05 Å². The quantitative estimate of drug-likeness (QED) is 0.511. The van der Waals surface area contributed by atoms with E-state index in [1.165, 1.54) is 22.9 Å². The molecule has 0 bridgehead atoms. The van der Waals surface area contributed by atoms with Crippen molar-refractivity contribution in [2.75, 3.05) is 13.6 Å². The molecule has 1 fully saturated rings. The minimum atomic E-state index is -0.825. The molecule has 1 unspecified atom stereocenters. The van der Waals surface area contributed by atoms with Gasteiger partial charge in [0.2, 0.25) is 0 Å². The van der Waals surface area contributed by atoms with Crippen molar-refractivity contribution >= 4 is 30.0 Å². The summed E-state index contributed by atoms with van der Waals surface area (Å²) in [6.07, 6.45) is 1.37. The summed E-state index contributed by atoms with van der Waals surface area (Å²) in [5.41, 5.74) is 5.28. The van der Waals surface area contributed by atoms with Crippen molar-refractivity contribution in [2.24, 2.45) is 10.7 Å². The summed E-state index contributed by atoms with van der Waals surface area (Å²) in [5.74, 6) is 4.60. The Bertz CT molecular complexity index is 640. The summed E-state index contributed by atoms with van der Waals surface area (Å²) in [7, 11) is 1.53. The number of likely N-dealkylation sites (N-methyl/N-ethyl adjacent to an activating group) is 1. The molecule has 8 nitrogen and oxygen atoms in total. The van der Waals surface area contributed by atoms with Gasteiger partial charge in [-0.2, -0.15) is 0 Å². The van der Waals surface area contributed by atoms with Gasteiger partial charge in [0.1, 0.15) is 0 Å². The van der Waals surface area contributed by atoms with Crippen molar-refractivity contribution in [1.29, 1.82) is 0 Å². The third kappa shape index (κ3) is 2.27. The fraction of sp³-hybridized carbons (Fsp3) is 0.462. The van der Waals surface area contributed by atoms with Crippen LogP contribution in [-0.2, 0) is 9.59 Å². The van der Waals surface area contributed by atoms with Gasteiger partial charge < -0.3 is 5.73 Å². The van der Waals surface area contributed by atoms with Crippen molar-refractivity contribution in [2.45, 2.75) is 25.9 Å².